The molecule has 26 heavy (non-hydrogen) atoms. The van der Waals surface area contributed by atoms with Gasteiger partial charge in [0.1, 0.15) is 17.7 Å². The number of unbranched alkanes of at least 4 members (excludes halogenated alkanes) is 1. The molecule has 0 aliphatic heterocycles. The highest BCUT2D eigenvalue weighted by molar-refractivity contribution is 5.76. The maximum Gasteiger partial charge on any atom is 0.138 e. The predicted molar refractivity (Wildman–Crippen MR) is 106 cm³/mol. The molecule has 0 amide bonds. The number of fused-ring (bicyclic) bond motifs is 1. The summed E-state index contributed by atoms with van der Waals surface area (Å²) in [6.45, 7) is 5.69. The Hall–Kier alpha value is -2.33. The zero-order valence-corrected chi connectivity index (χ0v) is 15.7. The van der Waals surface area contributed by atoms with Crippen molar-refractivity contribution in [2.45, 2.75) is 52.2 Å². The molecule has 0 bridgehead atoms. The van der Waals surface area contributed by atoms with Crippen molar-refractivity contribution < 1.29 is 9.84 Å². The van der Waals surface area contributed by atoms with Gasteiger partial charge in [0.05, 0.1) is 17.6 Å². The van der Waals surface area contributed by atoms with Crippen LogP contribution in [-0.4, -0.2) is 21.3 Å². The lowest BCUT2D eigenvalue weighted by atomic mass is 10.2. The Labute approximate surface area is 155 Å². The van der Waals surface area contributed by atoms with Gasteiger partial charge in [-0.1, -0.05) is 37.6 Å². The Morgan fingerprint density at radius 1 is 1.12 bits per heavy atom. The summed E-state index contributed by atoms with van der Waals surface area (Å²) in [5.74, 6) is 1.71. The minimum absolute atomic E-state index is 0.504. The molecule has 0 aliphatic rings. The second kappa shape index (κ2) is 8.86. The number of aliphatic hydroxyl groups is 1. The van der Waals surface area contributed by atoms with E-state index in [0.717, 1.165) is 54.8 Å². The molecule has 0 radical (unpaired) electrons. The number of aryl methyl sites for hydroxylation is 2. The number of imidazole rings is 1. The molecule has 1 aromatic heterocycles. The number of aromatic nitrogens is 2. The van der Waals surface area contributed by atoms with Crippen LogP contribution in [0, 0.1) is 6.92 Å². The van der Waals surface area contributed by atoms with Crippen LogP contribution < -0.4 is 4.74 Å². The van der Waals surface area contributed by atoms with Crippen molar-refractivity contribution in [3.8, 4) is 5.75 Å². The number of aliphatic hydroxyl groups excluding tert-OH is 1. The van der Waals surface area contributed by atoms with Crippen LogP contribution in [0.4, 0.5) is 0 Å². The van der Waals surface area contributed by atoms with Gasteiger partial charge in [-0.05, 0) is 56.0 Å². The maximum absolute atomic E-state index is 10.5. The Morgan fingerprint density at radius 3 is 2.77 bits per heavy atom. The SMILES string of the molecule is CCC[C@@H](O)c1nc2ccccc2n1CCCCOc1cccc(C)c1. The van der Waals surface area contributed by atoms with Gasteiger partial charge in [0.25, 0.3) is 0 Å². The first-order valence-corrected chi connectivity index (χ1v) is 9.51. The molecule has 0 fully saturated rings. The minimum Gasteiger partial charge on any atom is -0.494 e. The molecule has 0 spiro atoms. The normalized spacial score (nSPS) is 12.4. The zero-order valence-electron chi connectivity index (χ0n) is 15.7. The van der Waals surface area contributed by atoms with E-state index in [9.17, 15) is 5.11 Å². The van der Waals surface area contributed by atoms with Crippen molar-refractivity contribution >= 4 is 11.0 Å². The summed E-state index contributed by atoms with van der Waals surface area (Å²) in [6, 6.07) is 16.2. The van der Waals surface area contributed by atoms with Crippen LogP contribution in [0.3, 0.4) is 0 Å². The van der Waals surface area contributed by atoms with Gasteiger partial charge in [-0.15, -0.1) is 0 Å². The van der Waals surface area contributed by atoms with E-state index in [1.807, 2.05) is 30.3 Å². The highest BCUT2D eigenvalue weighted by Gasteiger charge is 2.17. The third-order valence-electron chi connectivity index (χ3n) is 4.58. The molecule has 1 N–H and O–H groups in total. The van der Waals surface area contributed by atoms with E-state index < -0.39 is 6.10 Å². The molecule has 1 atom stereocenters. The van der Waals surface area contributed by atoms with Gasteiger partial charge in [-0.3, -0.25) is 0 Å². The molecule has 0 saturated heterocycles. The van der Waals surface area contributed by atoms with Gasteiger partial charge in [0, 0.05) is 6.54 Å². The average Bonchev–Trinajstić information content (AvgIpc) is 3.01. The van der Waals surface area contributed by atoms with Crippen LogP contribution in [0.2, 0.25) is 0 Å². The maximum atomic E-state index is 10.5. The van der Waals surface area contributed by atoms with Gasteiger partial charge in [0.2, 0.25) is 0 Å². The molecule has 3 aromatic rings. The van der Waals surface area contributed by atoms with E-state index in [1.165, 1.54) is 5.56 Å². The van der Waals surface area contributed by atoms with Gasteiger partial charge < -0.3 is 14.4 Å². The Bertz CT molecular complexity index is 841. The Kier molecular flexibility index (Phi) is 6.29. The highest BCUT2D eigenvalue weighted by atomic mass is 16.5. The average molecular weight is 352 g/mol. The third-order valence-corrected chi connectivity index (χ3v) is 4.58. The highest BCUT2D eigenvalue weighted by Crippen LogP contribution is 2.24. The smallest absolute Gasteiger partial charge is 0.138 e. The second-order valence-electron chi connectivity index (χ2n) is 6.79. The fraction of sp³-hybridized carbons (Fsp3) is 0.409. The van der Waals surface area contributed by atoms with E-state index >= 15 is 0 Å². The first-order chi connectivity index (χ1) is 12.7. The molecule has 3 rings (SSSR count). The molecule has 0 aliphatic carbocycles. The minimum atomic E-state index is -0.504. The van der Waals surface area contributed by atoms with Crippen molar-refractivity contribution in [3.63, 3.8) is 0 Å². The lowest BCUT2D eigenvalue weighted by Gasteiger charge is -2.13. The van der Waals surface area contributed by atoms with Gasteiger partial charge in [-0.2, -0.15) is 0 Å². The second-order valence-corrected chi connectivity index (χ2v) is 6.79. The number of hydrogen-bond acceptors (Lipinski definition) is 3. The van der Waals surface area contributed by atoms with Crippen LogP contribution in [-0.2, 0) is 6.54 Å². The lowest BCUT2D eigenvalue weighted by molar-refractivity contribution is 0.152. The quantitative estimate of drug-likeness (QED) is 0.549. The number of benzene rings is 2. The molecule has 0 saturated carbocycles. The molecule has 138 valence electrons. The third kappa shape index (κ3) is 4.44. The predicted octanol–water partition coefficient (Wildman–Crippen LogP) is 5.04. The molecular weight excluding hydrogens is 324 g/mol. The summed E-state index contributed by atoms with van der Waals surface area (Å²) in [7, 11) is 0. The van der Waals surface area contributed by atoms with Crippen LogP contribution in [0.1, 0.15) is 50.1 Å². The molecular formula is C22H28N2O2. The molecule has 0 unspecified atom stereocenters. The van der Waals surface area contributed by atoms with Crippen LogP contribution in [0.5, 0.6) is 5.75 Å². The topological polar surface area (TPSA) is 47.3 Å². The van der Waals surface area contributed by atoms with Gasteiger partial charge in [0.15, 0.2) is 0 Å². The van der Waals surface area contributed by atoms with Crippen molar-refractivity contribution in [2.24, 2.45) is 0 Å². The monoisotopic (exact) mass is 352 g/mol. The van der Waals surface area contributed by atoms with E-state index in [2.05, 4.69) is 41.6 Å². The first-order valence-electron chi connectivity index (χ1n) is 9.51. The van der Waals surface area contributed by atoms with Crippen molar-refractivity contribution in [3.05, 3.63) is 59.9 Å². The molecule has 4 heteroatoms. The largest absolute Gasteiger partial charge is 0.494 e. The Morgan fingerprint density at radius 2 is 1.96 bits per heavy atom. The number of rotatable bonds is 9. The van der Waals surface area contributed by atoms with E-state index in [1.54, 1.807) is 0 Å². The van der Waals surface area contributed by atoms with Crippen LogP contribution >= 0.6 is 0 Å². The van der Waals surface area contributed by atoms with Crippen LogP contribution in [0.25, 0.3) is 11.0 Å². The summed E-state index contributed by atoms with van der Waals surface area (Å²) < 4.78 is 8.00. The van der Waals surface area contributed by atoms with Crippen LogP contribution in [0.15, 0.2) is 48.5 Å². The summed E-state index contributed by atoms with van der Waals surface area (Å²) in [5.41, 5.74) is 3.26. The fourth-order valence-electron chi connectivity index (χ4n) is 3.25. The summed E-state index contributed by atoms with van der Waals surface area (Å²) in [6.07, 6.45) is 3.12. The lowest BCUT2D eigenvalue weighted by Crippen LogP contribution is -2.10. The molecule has 2 aromatic carbocycles. The summed E-state index contributed by atoms with van der Waals surface area (Å²) >= 11 is 0. The molecule has 1 heterocycles. The first kappa shape index (κ1) is 18.5. The molecule has 4 nitrogen and oxygen atoms in total. The van der Waals surface area contributed by atoms with Crippen molar-refractivity contribution in [1.82, 2.24) is 9.55 Å². The zero-order chi connectivity index (χ0) is 18.4. The standard InChI is InChI=1S/C22H28N2O2/c1-3-9-21(25)22-23-19-12-4-5-13-20(19)24(22)14-6-7-15-26-18-11-8-10-17(2)16-18/h4-5,8,10-13,16,21,25H,3,6-7,9,14-15H2,1-2H3/t21-/m1/s1. The fourth-order valence-corrected chi connectivity index (χ4v) is 3.25. The van der Waals surface area contributed by atoms with Gasteiger partial charge >= 0.3 is 0 Å². The Balaban J connectivity index is 1.61. The van der Waals surface area contributed by atoms with Crippen molar-refractivity contribution in [1.29, 1.82) is 0 Å². The summed E-state index contributed by atoms with van der Waals surface area (Å²) in [5, 5.41) is 10.5. The number of nitrogens with zero attached hydrogens (tertiary/aromatic N) is 2. The van der Waals surface area contributed by atoms with E-state index in [-0.39, 0.29) is 0 Å². The number of hydrogen-bond donors (Lipinski definition) is 1. The number of para-hydroxylation sites is 2. The van der Waals surface area contributed by atoms with E-state index in [4.69, 9.17) is 4.74 Å². The van der Waals surface area contributed by atoms with E-state index in [0.29, 0.717) is 6.61 Å². The number of ether oxygens (including phenoxy) is 1. The van der Waals surface area contributed by atoms with Gasteiger partial charge in [-0.25, -0.2) is 4.98 Å². The van der Waals surface area contributed by atoms with Crippen molar-refractivity contribution in [2.75, 3.05) is 6.61 Å². The summed E-state index contributed by atoms with van der Waals surface area (Å²) in [4.78, 5) is 4.67.